The molecule has 1 aromatic heterocycles. The molecule has 3 nitrogen and oxygen atoms in total. The number of hydrogen-bond donors (Lipinski definition) is 1. The first-order valence-corrected chi connectivity index (χ1v) is 5.62. The Kier molecular flexibility index (Phi) is 4.33. The quantitative estimate of drug-likeness (QED) is 0.804. The van der Waals surface area contributed by atoms with Gasteiger partial charge in [-0.05, 0) is 19.8 Å². The first-order chi connectivity index (χ1) is 7.00. The van der Waals surface area contributed by atoms with Crippen LogP contribution in [-0.4, -0.2) is 21.9 Å². The lowest BCUT2D eigenvalue weighted by atomic mass is 10.1. The van der Waals surface area contributed by atoms with Gasteiger partial charge in [0, 0.05) is 12.7 Å². The van der Waals surface area contributed by atoms with E-state index in [4.69, 9.17) is 11.6 Å². The number of rotatable bonds is 4. The lowest BCUT2D eigenvalue weighted by molar-refractivity contribution is 0.615. The fourth-order valence-electron chi connectivity index (χ4n) is 1.13. The second-order valence-corrected chi connectivity index (χ2v) is 4.65. The van der Waals surface area contributed by atoms with Crippen LogP contribution in [0.3, 0.4) is 0 Å². The maximum absolute atomic E-state index is 6.15. The summed E-state index contributed by atoms with van der Waals surface area (Å²) in [7, 11) is 0. The molecule has 0 saturated carbocycles. The van der Waals surface area contributed by atoms with Gasteiger partial charge in [0.05, 0.1) is 16.8 Å². The highest BCUT2D eigenvalue weighted by Crippen LogP contribution is 2.13. The van der Waals surface area contributed by atoms with E-state index in [0.717, 1.165) is 23.8 Å². The molecule has 1 atom stereocenters. The summed E-state index contributed by atoms with van der Waals surface area (Å²) in [6, 6.07) is 0. The van der Waals surface area contributed by atoms with Crippen molar-refractivity contribution in [3.8, 4) is 0 Å². The van der Waals surface area contributed by atoms with Crippen LogP contribution in [0, 0.1) is 19.8 Å². The average Bonchev–Trinajstić information content (AvgIpc) is 2.18. The molecule has 0 aliphatic rings. The Morgan fingerprint density at radius 1 is 1.40 bits per heavy atom. The van der Waals surface area contributed by atoms with Crippen molar-refractivity contribution in [1.82, 2.24) is 9.97 Å². The van der Waals surface area contributed by atoms with Gasteiger partial charge in [0.15, 0.2) is 0 Å². The maximum atomic E-state index is 6.15. The number of anilines is 1. The lowest BCUT2D eigenvalue weighted by Gasteiger charge is -2.15. The van der Waals surface area contributed by atoms with Crippen molar-refractivity contribution in [3.05, 3.63) is 17.6 Å². The standard InChI is InChI=1S/C11H18ClN3/c1-7(2)10(12)6-14-11-9(4)13-5-8(3)15-11/h5,7,10H,6H2,1-4H3,(H,14,15). The number of aromatic nitrogens is 2. The molecule has 84 valence electrons. The molecule has 0 bridgehead atoms. The topological polar surface area (TPSA) is 37.8 Å². The van der Waals surface area contributed by atoms with Crippen molar-refractivity contribution in [2.75, 3.05) is 11.9 Å². The minimum Gasteiger partial charge on any atom is -0.367 e. The summed E-state index contributed by atoms with van der Waals surface area (Å²) in [6.45, 7) is 8.80. The van der Waals surface area contributed by atoms with Crippen LogP contribution in [0.1, 0.15) is 25.2 Å². The van der Waals surface area contributed by atoms with Crippen molar-refractivity contribution in [2.24, 2.45) is 5.92 Å². The minimum absolute atomic E-state index is 0.117. The van der Waals surface area contributed by atoms with Gasteiger partial charge < -0.3 is 5.32 Å². The van der Waals surface area contributed by atoms with Gasteiger partial charge in [0.2, 0.25) is 0 Å². The second-order valence-electron chi connectivity index (χ2n) is 4.09. The number of alkyl halides is 1. The van der Waals surface area contributed by atoms with Gasteiger partial charge in [-0.3, -0.25) is 4.98 Å². The second kappa shape index (κ2) is 5.31. The Morgan fingerprint density at radius 2 is 2.07 bits per heavy atom. The summed E-state index contributed by atoms with van der Waals surface area (Å²) in [5.41, 5.74) is 1.83. The molecule has 0 radical (unpaired) electrons. The highest BCUT2D eigenvalue weighted by atomic mass is 35.5. The smallest absolute Gasteiger partial charge is 0.147 e. The lowest BCUT2D eigenvalue weighted by Crippen LogP contribution is -2.20. The highest BCUT2D eigenvalue weighted by molar-refractivity contribution is 6.21. The van der Waals surface area contributed by atoms with E-state index in [2.05, 4.69) is 29.1 Å². The fourth-order valence-corrected chi connectivity index (χ4v) is 1.21. The molecule has 4 heteroatoms. The molecule has 0 amide bonds. The SMILES string of the molecule is Cc1cnc(C)c(NCC(Cl)C(C)C)n1. The van der Waals surface area contributed by atoms with Crippen LogP contribution < -0.4 is 5.32 Å². The Bertz CT molecular complexity index is 326. The predicted octanol–water partition coefficient (Wildman–Crippen LogP) is 2.77. The number of aryl methyl sites for hydroxylation is 2. The number of hydrogen-bond acceptors (Lipinski definition) is 3. The Labute approximate surface area is 96.3 Å². The van der Waals surface area contributed by atoms with Crippen LogP contribution in [-0.2, 0) is 0 Å². The van der Waals surface area contributed by atoms with Crippen LogP contribution >= 0.6 is 11.6 Å². The van der Waals surface area contributed by atoms with Crippen LogP contribution in [0.15, 0.2) is 6.20 Å². The molecule has 1 unspecified atom stereocenters. The molecule has 0 aliphatic heterocycles. The number of halogens is 1. The molecule has 1 N–H and O–H groups in total. The molecule has 1 heterocycles. The summed E-state index contributed by atoms with van der Waals surface area (Å²) in [6.07, 6.45) is 1.77. The summed E-state index contributed by atoms with van der Waals surface area (Å²) >= 11 is 6.15. The zero-order valence-electron chi connectivity index (χ0n) is 9.71. The van der Waals surface area contributed by atoms with Gasteiger partial charge in [0.1, 0.15) is 5.82 Å². The van der Waals surface area contributed by atoms with Crippen LogP contribution in [0.25, 0.3) is 0 Å². The highest BCUT2D eigenvalue weighted by Gasteiger charge is 2.10. The summed E-state index contributed by atoms with van der Waals surface area (Å²) in [5.74, 6) is 1.29. The summed E-state index contributed by atoms with van der Waals surface area (Å²) in [5, 5.41) is 3.35. The monoisotopic (exact) mass is 227 g/mol. The Balaban J connectivity index is 2.61. The van der Waals surface area contributed by atoms with Crippen LogP contribution in [0.2, 0.25) is 0 Å². The molecule has 0 aliphatic carbocycles. The molecule has 1 aromatic rings. The third-order valence-electron chi connectivity index (χ3n) is 2.26. The van der Waals surface area contributed by atoms with E-state index in [1.807, 2.05) is 13.8 Å². The Hall–Kier alpha value is -0.830. The van der Waals surface area contributed by atoms with E-state index in [1.54, 1.807) is 6.20 Å². The molecule has 0 aromatic carbocycles. The summed E-state index contributed by atoms with van der Waals surface area (Å²) in [4.78, 5) is 8.61. The molecular weight excluding hydrogens is 210 g/mol. The van der Waals surface area contributed by atoms with E-state index < -0.39 is 0 Å². The molecular formula is C11H18ClN3. The number of nitrogens with one attached hydrogen (secondary N) is 1. The predicted molar refractivity (Wildman–Crippen MR) is 64.5 cm³/mol. The first kappa shape index (κ1) is 12.2. The first-order valence-electron chi connectivity index (χ1n) is 5.19. The molecule has 1 rings (SSSR count). The summed E-state index contributed by atoms with van der Waals surface area (Å²) < 4.78 is 0. The van der Waals surface area contributed by atoms with Gasteiger partial charge in [0.25, 0.3) is 0 Å². The van der Waals surface area contributed by atoms with Crippen molar-refractivity contribution >= 4 is 17.4 Å². The van der Waals surface area contributed by atoms with Crippen molar-refractivity contribution in [1.29, 1.82) is 0 Å². The maximum Gasteiger partial charge on any atom is 0.147 e. The normalized spacial score (nSPS) is 12.9. The number of nitrogens with zero attached hydrogens (tertiary/aromatic N) is 2. The largest absolute Gasteiger partial charge is 0.367 e. The molecule has 0 spiro atoms. The Morgan fingerprint density at radius 3 is 2.67 bits per heavy atom. The zero-order valence-corrected chi connectivity index (χ0v) is 10.5. The van der Waals surface area contributed by atoms with Gasteiger partial charge in [-0.1, -0.05) is 13.8 Å². The molecule has 0 fully saturated rings. The van der Waals surface area contributed by atoms with E-state index in [-0.39, 0.29) is 5.38 Å². The van der Waals surface area contributed by atoms with Crippen molar-refractivity contribution in [2.45, 2.75) is 33.1 Å². The fraction of sp³-hybridized carbons (Fsp3) is 0.636. The van der Waals surface area contributed by atoms with E-state index in [0.29, 0.717) is 5.92 Å². The van der Waals surface area contributed by atoms with Crippen LogP contribution in [0.4, 0.5) is 5.82 Å². The van der Waals surface area contributed by atoms with Crippen LogP contribution in [0.5, 0.6) is 0 Å². The molecule has 15 heavy (non-hydrogen) atoms. The van der Waals surface area contributed by atoms with E-state index >= 15 is 0 Å². The van der Waals surface area contributed by atoms with Gasteiger partial charge in [-0.2, -0.15) is 0 Å². The third-order valence-corrected chi connectivity index (χ3v) is 2.92. The average molecular weight is 228 g/mol. The van der Waals surface area contributed by atoms with Gasteiger partial charge in [-0.25, -0.2) is 4.98 Å². The molecule has 0 saturated heterocycles. The third kappa shape index (κ3) is 3.67. The van der Waals surface area contributed by atoms with E-state index in [1.165, 1.54) is 0 Å². The van der Waals surface area contributed by atoms with Crippen molar-refractivity contribution < 1.29 is 0 Å². The van der Waals surface area contributed by atoms with Gasteiger partial charge in [-0.15, -0.1) is 11.6 Å². The van der Waals surface area contributed by atoms with Gasteiger partial charge >= 0.3 is 0 Å². The van der Waals surface area contributed by atoms with Crippen molar-refractivity contribution in [3.63, 3.8) is 0 Å². The van der Waals surface area contributed by atoms with E-state index in [9.17, 15) is 0 Å². The zero-order chi connectivity index (χ0) is 11.4. The minimum atomic E-state index is 0.117.